The highest BCUT2D eigenvalue weighted by Gasteiger charge is 2.45. The maximum Gasteiger partial charge on any atom is 0.309 e. The quantitative estimate of drug-likeness (QED) is 0.249. The molecule has 0 spiro atoms. The van der Waals surface area contributed by atoms with E-state index in [9.17, 15) is 23.2 Å². The number of hydrogen-bond acceptors (Lipinski definition) is 10. The number of halogens is 2. The van der Waals surface area contributed by atoms with E-state index in [1.807, 2.05) is 20.8 Å². The van der Waals surface area contributed by atoms with Crippen molar-refractivity contribution in [1.29, 1.82) is 0 Å². The minimum Gasteiger partial charge on any atom is -0.466 e. The number of hydrogen-bond donors (Lipinski definition) is 2. The molecule has 242 valence electrons. The molecule has 5 rings (SSSR count). The molecule has 2 N–H and O–H groups in total. The zero-order valence-electron chi connectivity index (χ0n) is 25.7. The summed E-state index contributed by atoms with van der Waals surface area (Å²) in [6.07, 6.45) is 4.20. The third-order valence-electron chi connectivity index (χ3n) is 7.83. The van der Waals surface area contributed by atoms with Gasteiger partial charge in [-0.25, -0.2) is 18.7 Å². The van der Waals surface area contributed by atoms with Gasteiger partial charge in [0.1, 0.15) is 17.7 Å². The average Bonchev–Trinajstić information content (AvgIpc) is 3.39. The Balaban J connectivity index is 1.18. The zero-order valence-corrected chi connectivity index (χ0v) is 25.7. The summed E-state index contributed by atoms with van der Waals surface area (Å²) < 4.78 is 45.2. The van der Waals surface area contributed by atoms with Gasteiger partial charge in [0, 0.05) is 24.5 Å². The molecule has 2 saturated carbocycles. The second-order valence-corrected chi connectivity index (χ2v) is 12.4. The van der Waals surface area contributed by atoms with Crippen LogP contribution in [0.2, 0.25) is 0 Å². The van der Waals surface area contributed by atoms with Gasteiger partial charge in [-0.15, -0.1) is 0 Å². The van der Waals surface area contributed by atoms with Crippen LogP contribution in [0.15, 0.2) is 35.2 Å². The molecule has 0 radical (unpaired) electrons. The SMILES string of the molecule is CCOC(=O)C1CCC(n2cc(NC(=O)c3coc(-c4ccnc(NCC5CC5C(=O)OC(C)(C)C)c4)n3)c(C(F)F)n2)CC1. The molecule has 1 amide bonds. The van der Waals surface area contributed by atoms with Crippen LogP contribution < -0.4 is 10.6 Å². The number of alkyl halides is 2. The van der Waals surface area contributed by atoms with Crippen molar-refractivity contribution in [2.75, 3.05) is 23.8 Å². The van der Waals surface area contributed by atoms with E-state index in [-0.39, 0.29) is 53.0 Å². The van der Waals surface area contributed by atoms with Gasteiger partial charge >= 0.3 is 11.9 Å². The fourth-order valence-electron chi connectivity index (χ4n) is 5.42. The molecule has 0 aromatic carbocycles. The molecule has 2 aliphatic carbocycles. The van der Waals surface area contributed by atoms with Gasteiger partial charge < -0.3 is 24.5 Å². The minimum absolute atomic E-state index is 0.0996. The summed E-state index contributed by atoms with van der Waals surface area (Å²) in [5.74, 6) is -0.700. The van der Waals surface area contributed by atoms with E-state index in [0.717, 1.165) is 12.7 Å². The molecular weight excluding hydrogens is 590 g/mol. The first-order chi connectivity index (χ1) is 21.4. The first-order valence-corrected chi connectivity index (χ1v) is 15.2. The summed E-state index contributed by atoms with van der Waals surface area (Å²) in [6, 6.07) is 3.18. The second-order valence-electron chi connectivity index (χ2n) is 12.4. The van der Waals surface area contributed by atoms with Crippen LogP contribution in [0.1, 0.15) is 88.4 Å². The van der Waals surface area contributed by atoms with Crippen molar-refractivity contribution in [3.8, 4) is 11.5 Å². The van der Waals surface area contributed by atoms with Gasteiger partial charge in [-0.2, -0.15) is 5.10 Å². The van der Waals surface area contributed by atoms with Crippen LogP contribution in [-0.2, 0) is 19.1 Å². The van der Waals surface area contributed by atoms with E-state index in [2.05, 4.69) is 25.7 Å². The van der Waals surface area contributed by atoms with Crippen LogP contribution in [-0.4, -0.2) is 56.3 Å². The minimum atomic E-state index is -2.91. The lowest BCUT2D eigenvalue weighted by Gasteiger charge is -2.27. The normalized spacial score (nSPS) is 21.3. The summed E-state index contributed by atoms with van der Waals surface area (Å²) in [4.78, 5) is 45.9. The average molecular weight is 629 g/mol. The lowest BCUT2D eigenvalue weighted by atomic mass is 9.86. The molecule has 0 bridgehead atoms. The molecule has 2 unspecified atom stereocenters. The van der Waals surface area contributed by atoms with E-state index in [1.165, 1.54) is 10.9 Å². The molecule has 14 heteroatoms. The Hall–Kier alpha value is -4.36. The molecule has 2 fully saturated rings. The Bertz CT molecular complexity index is 1520. The van der Waals surface area contributed by atoms with Crippen LogP contribution in [0.3, 0.4) is 0 Å². The maximum absolute atomic E-state index is 13.9. The largest absolute Gasteiger partial charge is 0.466 e. The molecular formula is C31H38F2N6O6. The standard InChI is InChI=1S/C31H38F2N6O6/c1-5-43-29(41)17-6-8-20(9-7-17)39-15-22(25(38-39)26(32)33)36-27(40)23-16-44-28(37-23)18-10-11-34-24(13-18)35-14-19-12-21(19)30(42)45-31(2,3)4/h10-11,13,15-17,19-21,26H,5-9,12,14H2,1-4H3,(H,34,35)(H,36,40). The number of esters is 2. The Morgan fingerprint density at radius 3 is 2.60 bits per heavy atom. The Labute approximate surface area is 259 Å². The Kier molecular flexibility index (Phi) is 9.49. The smallest absolute Gasteiger partial charge is 0.309 e. The molecule has 2 atom stereocenters. The lowest BCUT2D eigenvalue weighted by molar-refractivity contribution is -0.156. The molecule has 0 saturated heterocycles. The van der Waals surface area contributed by atoms with Crippen molar-refractivity contribution in [1.82, 2.24) is 19.7 Å². The predicted octanol–water partition coefficient (Wildman–Crippen LogP) is 5.81. The molecule has 3 aromatic heterocycles. The molecule has 12 nitrogen and oxygen atoms in total. The number of aromatic nitrogens is 4. The molecule has 3 heterocycles. The number of pyridine rings is 1. The van der Waals surface area contributed by atoms with Gasteiger partial charge in [0.25, 0.3) is 12.3 Å². The van der Waals surface area contributed by atoms with Crippen LogP contribution in [0, 0.1) is 17.8 Å². The highest BCUT2D eigenvalue weighted by atomic mass is 19.3. The van der Waals surface area contributed by atoms with E-state index in [0.29, 0.717) is 50.2 Å². The molecule has 45 heavy (non-hydrogen) atoms. The number of ether oxygens (including phenoxy) is 2. The van der Waals surface area contributed by atoms with Crippen LogP contribution in [0.5, 0.6) is 0 Å². The first kappa shape index (κ1) is 32.0. The highest BCUT2D eigenvalue weighted by Crippen LogP contribution is 2.40. The van der Waals surface area contributed by atoms with Gasteiger partial charge in [0.05, 0.1) is 30.2 Å². The topological polar surface area (TPSA) is 150 Å². The van der Waals surface area contributed by atoms with Gasteiger partial charge in [-0.05, 0) is 77.8 Å². The number of amides is 1. The number of carbonyl (C=O) groups excluding carboxylic acids is 3. The Morgan fingerprint density at radius 1 is 1.16 bits per heavy atom. The monoisotopic (exact) mass is 628 g/mol. The summed E-state index contributed by atoms with van der Waals surface area (Å²) in [5, 5.41) is 9.77. The van der Waals surface area contributed by atoms with Crippen molar-refractivity contribution in [3.63, 3.8) is 0 Å². The van der Waals surface area contributed by atoms with E-state index in [4.69, 9.17) is 13.9 Å². The number of anilines is 2. The van der Waals surface area contributed by atoms with Crippen molar-refractivity contribution < 1.29 is 37.1 Å². The van der Waals surface area contributed by atoms with Gasteiger partial charge in [0.2, 0.25) is 5.89 Å². The van der Waals surface area contributed by atoms with Crippen LogP contribution >= 0.6 is 0 Å². The van der Waals surface area contributed by atoms with E-state index < -0.39 is 23.6 Å². The van der Waals surface area contributed by atoms with Gasteiger partial charge in [-0.1, -0.05) is 0 Å². The van der Waals surface area contributed by atoms with Crippen molar-refractivity contribution >= 4 is 29.4 Å². The maximum atomic E-state index is 13.9. The van der Waals surface area contributed by atoms with Crippen molar-refractivity contribution in [2.45, 2.75) is 77.9 Å². The third-order valence-corrected chi connectivity index (χ3v) is 7.83. The van der Waals surface area contributed by atoms with Gasteiger partial charge in [0.15, 0.2) is 11.4 Å². The van der Waals surface area contributed by atoms with Gasteiger partial charge in [-0.3, -0.25) is 19.1 Å². The second kappa shape index (κ2) is 13.3. The van der Waals surface area contributed by atoms with Crippen LogP contribution in [0.25, 0.3) is 11.5 Å². The zero-order chi connectivity index (χ0) is 32.3. The highest BCUT2D eigenvalue weighted by molar-refractivity contribution is 6.03. The number of carbonyl (C=O) groups is 3. The van der Waals surface area contributed by atoms with E-state index >= 15 is 0 Å². The molecule has 3 aromatic rings. The number of nitrogens with one attached hydrogen (secondary N) is 2. The predicted molar refractivity (Wildman–Crippen MR) is 158 cm³/mol. The van der Waals surface area contributed by atoms with E-state index in [1.54, 1.807) is 25.3 Å². The number of nitrogens with zero attached hydrogens (tertiary/aromatic N) is 4. The molecule has 2 aliphatic rings. The summed E-state index contributed by atoms with van der Waals surface area (Å²) in [6.45, 7) is 8.12. The lowest BCUT2D eigenvalue weighted by Crippen LogP contribution is -2.25. The fraction of sp³-hybridized carbons (Fsp3) is 0.548. The first-order valence-electron chi connectivity index (χ1n) is 15.2. The third kappa shape index (κ3) is 8.03. The summed E-state index contributed by atoms with van der Waals surface area (Å²) >= 11 is 0. The summed E-state index contributed by atoms with van der Waals surface area (Å²) in [7, 11) is 0. The molecule has 0 aliphatic heterocycles. The van der Waals surface area contributed by atoms with Crippen molar-refractivity contribution in [2.24, 2.45) is 17.8 Å². The number of rotatable bonds is 11. The fourth-order valence-corrected chi connectivity index (χ4v) is 5.42. The summed E-state index contributed by atoms with van der Waals surface area (Å²) in [5.41, 5.74) is -0.747. The van der Waals surface area contributed by atoms with Crippen LogP contribution in [0.4, 0.5) is 20.3 Å². The Morgan fingerprint density at radius 2 is 1.91 bits per heavy atom. The van der Waals surface area contributed by atoms with Crippen molar-refractivity contribution in [3.05, 3.63) is 42.2 Å². The number of oxazole rings is 1.